The summed E-state index contributed by atoms with van der Waals surface area (Å²) in [4.78, 5) is 11.8. The van der Waals surface area contributed by atoms with Crippen LogP contribution in [0, 0.1) is 5.41 Å². The van der Waals surface area contributed by atoms with Crippen LogP contribution in [-0.2, 0) is 14.8 Å². The first-order valence-corrected chi connectivity index (χ1v) is 7.95. The fraction of sp³-hybridized carbons (Fsp3) is 0.417. The average Bonchev–Trinajstić information content (AvgIpc) is 2.16. The molecule has 0 spiro atoms. The fourth-order valence-electron chi connectivity index (χ4n) is 1.45. The van der Waals surface area contributed by atoms with Crippen molar-refractivity contribution in [2.24, 2.45) is 10.6 Å². The van der Waals surface area contributed by atoms with Gasteiger partial charge in [-0.1, -0.05) is 20.8 Å². The lowest BCUT2D eigenvalue weighted by atomic mass is 9.92. The van der Waals surface area contributed by atoms with Gasteiger partial charge in [0.15, 0.2) is 0 Å². The summed E-state index contributed by atoms with van der Waals surface area (Å²) in [6.07, 6.45) is 0.371. The molecule has 0 atom stereocenters. The number of amides is 1. The number of carbonyl (C=O) groups excluding carboxylic acids is 1. The topological polar surface area (TPSA) is 89.3 Å². The lowest BCUT2D eigenvalue weighted by Crippen LogP contribution is -2.20. The number of nitrogens with one attached hydrogen (secondary N) is 1. The molecule has 0 fully saturated rings. The minimum Gasteiger partial charge on any atom is -0.325 e. The van der Waals surface area contributed by atoms with Crippen molar-refractivity contribution in [3.8, 4) is 0 Å². The molecule has 0 saturated carbocycles. The summed E-state index contributed by atoms with van der Waals surface area (Å²) < 4.78 is 22.8. The van der Waals surface area contributed by atoms with E-state index in [4.69, 9.17) is 5.14 Å². The zero-order valence-electron chi connectivity index (χ0n) is 11.0. The number of benzene rings is 1. The Morgan fingerprint density at radius 2 is 1.95 bits per heavy atom. The van der Waals surface area contributed by atoms with Gasteiger partial charge in [-0.2, -0.15) is 0 Å². The van der Waals surface area contributed by atoms with E-state index < -0.39 is 10.0 Å². The molecule has 0 unspecified atom stereocenters. The van der Waals surface area contributed by atoms with Crippen molar-refractivity contribution < 1.29 is 13.2 Å². The molecule has 0 bridgehead atoms. The molecule has 0 heterocycles. The maximum Gasteiger partial charge on any atom is 0.238 e. The summed E-state index contributed by atoms with van der Waals surface area (Å²) in [5.41, 5.74) is 0.401. The Hall–Kier alpha value is -0.920. The number of hydrogen-bond donors (Lipinski definition) is 2. The van der Waals surface area contributed by atoms with E-state index in [1.165, 1.54) is 18.2 Å². The summed E-state index contributed by atoms with van der Waals surface area (Å²) in [5, 5.41) is 7.75. The predicted octanol–water partition coefficient (Wildman–Crippen LogP) is 2.47. The number of hydrogen-bond acceptors (Lipinski definition) is 3. The quantitative estimate of drug-likeness (QED) is 0.878. The summed E-state index contributed by atoms with van der Waals surface area (Å²) in [7, 11) is -3.74. The molecule has 1 aromatic carbocycles. The summed E-state index contributed by atoms with van der Waals surface area (Å²) >= 11 is 3.21. The van der Waals surface area contributed by atoms with E-state index in [-0.39, 0.29) is 16.2 Å². The van der Waals surface area contributed by atoms with Crippen LogP contribution in [0.1, 0.15) is 27.2 Å². The van der Waals surface area contributed by atoms with Gasteiger partial charge in [-0.3, -0.25) is 4.79 Å². The van der Waals surface area contributed by atoms with Gasteiger partial charge >= 0.3 is 0 Å². The van der Waals surface area contributed by atoms with Gasteiger partial charge in [-0.25, -0.2) is 13.6 Å². The van der Waals surface area contributed by atoms with Crippen molar-refractivity contribution in [1.29, 1.82) is 0 Å². The van der Waals surface area contributed by atoms with Gasteiger partial charge in [0.05, 0.1) is 10.6 Å². The monoisotopic (exact) mass is 348 g/mol. The minimum atomic E-state index is -3.74. The van der Waals surface area contributed by atoms with Crippen LogP contribution < -0.4 is 10.5 Å². The third-order valence-electron chi connectivity index (χ3n) is 2.23. The molecule has 19 heavy (non-hydrogen) atoms. The molecular formula is C12H17BrN2O3S. The number of halogens is 1. The van der Waals surface area contributed by atoms with Gasteiger partial charge in [0.2, 0.25) is 15.9 Å². The molecule has 3 N–H and O–H groups in total. The van der Waals surface area contributed by atoms with Crippen molar-refractivity contribution in [1.82, 2.24) is 0 Å². The first kappa shape index (κ1) is 16.1. The highest BCUT2D eigenvalue weighted by atomic mass is 79.9. The second kappa shape index (κ2) is 5.60. The van der Waals surface area contributed by atoms with Crippen molar-refractivity contribution >= 4 is 37.5 Å². The molecule has 106 valence electrons. The molecule has 0 aliphatic heterocycles. The van der Waals surface area contributed by atoms with Crippen LogP contribution in [0.25, 0.3) is 0 Å². The van der Waals surface area contributed by atoms with Crippen LogP contribution in [0.3, 0.4) is 0 Å². The lowest BCUT2D eigenvalue weighted by Gasteiger charge is -2.17. The van der Waals surface area contributed by atoms with Crippen molar-refractivity contribution in [3.63, 3.8) is 0 Å². The molecule has 0 aliphatic carbocycles. The summed E-state index contributed by atoms with van der Waals surface area (Å²) in [6.45, 7) is 5.89. The summed E-state index contributed by atoms with van der Waals surface area (Å²) in [5.74, 6) is -0.128. The molecule has 0 radical (unpaired) electrons. The maximum absolute atomic E-state index is 11.8. The standard InChI is InChI=1S/C12H17BrN2O3S/c1-12(2,3)7-11(16)15-10-5-4-8(6-9(10)13)19(14,17)18/h4-6H,7H2,1-3H3,(H,15,16)(H2,14,17,18). The van der Waals surface area contributed by atoms with E-state index in [2.05, 4.69) is 21.2 Å². The smallest absolute Gasteiger partial charge is 0.238 e. The van der Waals surface area contributed by atoms with Gasteiger partial charge in [0.1, 0.15) is 0 Å². The lowest BCUT2D eigenvalue weighted by molar-refractivity contribution is -0.117. The second-order valence-electron chi connectivity index (χ2n) is 5.47. The molecule has 1 rings (SSSR count). The van der Waals surface area contributed by atoms with Gasteiger partial charge in [-0.05, 0) is 39.5 Å². The zero-order chi connectivity index (χ0) is 14.8. The number of primary sulfonamides is 1. The number of nitrogens with two attached hydrogens (primary N) is 1. The maximum atomic E-state index is 11.8. The highest BCUT2D eigenvalue weighted by molar-refractivity contribution is 9.10. The van der Waals surface area contributed by atoms with Crippen LogP contribution in [0.2, 0.25) is 0 Å². The van der Waals surface area contributed by atoms with Crippen LogP contribution in [0.15, 0.2) is 27.6 Å². The predicted molar refractivity (Wildman–Crippen MR) is 78.2 cm³/mol. The van der Waals surface area contributed by atoms with E-state index in [1.807, 2.05) is 20.8 Å². The second-order valence-corrected chi connectivity index (χ2v) is 7.89. The number of rotatable bonds is 3. The van der Waals surface area contributed by atoms with Crippen molar-refractivity contribution in [2.45, 2.75) is 32.1 Å². The molecule has 7 heteroatoms. The van der Waals surface area contributed by atoms with Gasteiger partial charge in [0.25, 0.3) is 0 Å². The van der Waals surface area contributed by atoms with Gasteiger partial charge < -0.3 is 5.32 Å². The Labute approximate surface area is 121 Å². The van der Waals surface area contributed by atoms with Crippen LogP contribution in [0.4, 0.5) is 5.69 Å². The third kappa shape index (κ3) is 5.30. The first-order chi connectivity index (χ1) is 8.49. The molecule has 1 aromatic rings. The largest absolute Gasteiger partial charge is 0.325 e. The van der Waals surface area contributed by atoms with Gasteiger partial charge in [-0.15, -0.1) is 0 Å². The Kier molecular flexibility index (Phi) is 4.76. The third-order valence-corrected chi connectivity index (χ3v) is 3.80. The molecule has 0 aliphatic rings. The highest BCUT2D eigenvalue weighted by Gasteiger charge is 2.17. The number of anilines is 1. The molecule has 5 nitrogen and oxygen atoms in total. The van der Waals surface area contributed by atoms with E-state index in [9.17, 15) is 13.2 Å². The van der Waals surface area contributed by atoms with E-state index in [0.29, 0.717) is 16.6 Å². The van der Waals surface area contributed by atoms with E-state index >= 15 is 0 Å². The first-order valence-electron chi connectivity index (χ1n) is 5.61. The zero-order valence-corrected chi connectivity index (χ0v) is 13.4. The van der Waals surface area contributed by atoms with Crippen LogP contribution in [-0.4, -0.2) is 14.3 Å². The van der Waals surface area contributed by atoms with Gasteiger partial charge in [0, 0.05) is 10.9 Å². The Bertz CT molecular complexity index is 591. The Balaban J connectivity index is 2.90. The van der Waals surface area contributed by atoms with Crippen LogP contribution >= 0.6 is 15.9 Å². The van der Waals surface area contributed by atoms with E-state index in [1.54, 1.807) is 0 Å². The fourth-order valence-corrected chi connectivity index (χ4v) is 2.62. The Morgan fingerprint density at radius 3 is 2.37 bits per heavy atom. The minimum absolute atomic E-state index is 0.00630. The molecular weight excluding hydrogens is 332 g/mol. The highest BCUT2D eigenvalue weighted by Crippen LogP contribution is 2.26. The Morgan fingerprint density at radius 1 is 1.37 bits per heavy atom. The number of carbonyl (C=O) groups is 1. The average molecular weight is 349 g/mol. The molecule has 0 aromatic heterocycles. The van der Waals surface area contributed by atoms with Crippen molar-refractivity contribution in [2.75, 3.05) is 5.32 Å². The van der Waals surface area contributed by atoms with Crippen molar-refractivity contribution in [3.05, 3.63) is 22.7 Å². The summed E-state index contributed by atoms with van der Waals surface area (Å²) in [6, 6.07) is 4.22. The number of sulfonamides is 1. The molecule has 0 saturated heterocycles. The normalized spacial score (nSPS) is 12.3. The van der Waals surface area contributed by atoms with E-state index in [0.717, 1.165) is 0 Å². The van der Waals surface area contributed by atoms with Crippen LogP contribution in [0.5, 0.6) is 0 Å². The molecule has 1 amide bonds. The SMILES string of the molecule is CC(C)(C)CC(=O)Nc1ccc(S(N)(=O)=O)cc1Br.